The van der Waals surface area contributed by atoms with E-state index in [-0.39, 0.29) is 5.41 Å². The second kappa shape index (κ2) is 3.02. The molecule has 0 aromatic rings. The minimum atomic E-state index is 0.0494. The zero-order valence-electron chi connectivity index (χ0n) is 9.74. The molecule has 87 valence electrons. The van der Waals surface area contributed by atoms with E-state index in [0.29, 0.717) is 11.9 Å². The summed E-state index contributed by atoms with van der Waals surface area (Å²) >= 11 is 0. The molecule has 0 aromatic heterocycles. The average molecular weight is 218 g/mol. The van der Waals surface area contributed by atoms with Crippen LogP contribution in [-0.2, 0) is 4.79 Å². The van der Waals surface area contributed by atoms with E-state index in [1.807, 2.05) is 0 Å². The van der Waals surface area contributed by atoms with Gasteiger partial charge in [0.2, 0.25) is 5.91 Å². The third-order valence-corrected chi connectivity index (χ3v) is 5.20. The van der Waals surface area contributed by atoms with Gasteiger partial charge < -0.3 is 5.32 Å². The van der Waals surface area contributed by atoms with Crippen LogP contribution in [0.2, 0.25) is 0 Å². The van der Waals surface area contributed by atoms with Crippen LogP contribution in [0, 0.1) is 29.6 Å². The van der Waals surface area contributed by atoms with Crippen LogP contribution in [0.1, 0.15) is 44.9 Å². The summed E-state index contributed by atoms with van der Waals surface area (Å²) in [5.41, 5.74) is 0.0494. The molecule has 0 heterocycles. The quantitative estimate of drug-likeness (QED) is 0.757. The van der Waals surface area contributed by atoms with Gasteiger partial charge in [0, 0.05) is 11.5 Å². The number of amides is 1. The van der Waals surface area contributed by atoms with Gasteiger partial charge >= 0.3 is 0 Å². The third kappa shape index (κ3) is 1.34. The van der Waals surface area contributed by atoms with Gasteiger partial charge in [0.15, 0.2) is 0 Å². The van der Waals surface area contributed by atoms with Crippen LogP contribution in [0.25, 0.3) is 0 Å². The van der Waals surface area contributed by atoms with E-state index in [9.17, 15) is 4.79 Å². The highest BCUT2D eigenvalue weighted by atomic mass is 16.2. The number of rotatable bonds is 2. The van der Waals surface area contributed by atoms with Gasteiger partial charge in [0.05, 0.1) is 0 Å². The molecule has 1 radical (unpaired) electrons. The van der Waals surface area contributed by atoms with Crippen LogP contribution in [0.4, 0.5) is 0 Å². The van der Waals surface area contributed by atoms with Crippen molar-refractivity contribution in [2.45, 2.75) is 51.0 Å². The molecule has 16 heavy (non-hydrogen) atoms. The molecule has 4 bridgehead atoms. The number of nitrogens with one attached hydrogen (secondary N) is 1. The maximum absolute atomic E-state index is 12.4. The van der Waals surface area contributed by atoms with Crippen LogP contribution < -0.4 is 5.32 Å². The molecule has 5 rings (SSSR count). The Bertz CT molecular complexity index is 296. The van der Waals surface area contributed by atoms with Crippen molar-refractivity contribution in [2.75, 3.05) is 0 Å². The fourth-order valence-electron chi connectivity index (χ4n) is 4.61. The molecule has 0 saturated heterocycles. The molecule has 0 aliphatic heterocycles. The van der Waals surface area contributed by atoms with Crippen molar-refractivity contribution < 1.29 is 4.79 Å². The normalized spacial score (nSPS) is 49.4. The number of hydrogen-bond donors (Lipinski definition) is 1. The Morgan fingerprint density at radius 3 is 2.38 bits per heavy atom. The molecular formula is C14H20NO. The minimum absolute atomic E-state index is 0.0494. The smallest absolute Gasteiger partial charge is 0.226 e. The van der Waals surface area contributed by atoms with E-state index in [1.54, 1.807) is 0 Å². The lowest BCUT2D eigenvalue weighted by atomic mass is 9.49. The van der Waals surface area contributed by atoms with Gasteiger partial charge in [-0.05, 0) is 69.1 Å². The molecule has 4 atom stereocenters. The zero-order valence-corrected chi connectivity index (χ0v) is 9.74. The SMILES string of the molecule is O=C(NC1CC1)C12CC3C[C@@H]([CH][C@@H](C3)C1)C2. The lowest BCUT2D eigenvalue weighted by molar-refractivity contribution is -0.142. The van der Waals surface area contributed by atoms with Gasteiger partial charge in [-0.3, -0.25) is 4.79 Å². The fraction of sp³-hybridized carbons (Fsp3) is 0.857. The highest BCUT2D eigenvalue weighted by Crippen LogP contribution is 2.59. The lowest BCUT2D eigenvalue weighted by Crippen LogP contribution is -2.54. The van der Waals surface area contributed by atoms with E-state index < -0.39 is 0 Å². The first-order valence-corrected chi connectivity index (χ1v) is 6.89. The van der Waals surface area contributed by atoms with Crippen molar-refractivity contribution in [1.82, 2.24) is 5.32 Å². The molecule has 5 aliphatic carbocycles. The van der Waals surface area contributed by atoms with E-state index in [2.05, 4.69) is 11.7 Å². The summed E-state index contributed by atoms with van der Waals surface area (Å²) in [5.74, 6) is 2.78. The highest BCUT2D eigenvalue weighted by molar-refractivity contribution is 5.83. The standard InChI is InChI=1S/C14H20NO/c16-13(15-12-1-2-12)14-6-9-3-10(7-14)5-11(4-9)8-14/h3,9-12H,1-2,4-8H2,(H,15,16)/t9-,10+,11?,14?. The second-order valence-electron chi connectivity index (χ2n) is 6.69. The summed E-state index contributed by atoms with van der Waals surface area (Å²) in [6, 6.07) is 0.532. The van der Waals surface area contributed by atoms with Gasteiger partial charge in [-0.1, -0.05) is 0 Å². The van der Waals surface area contributed by atoms with Gasteiger partial charge in [0.1, 0.15) is 0 Å². The molecule has 1 amide bonds. The van der Waals surface area contributed by atoms with Crippen LogP contribution in [0.3, 0.4) is 0 Å². The van der Waals surface area contributed by atoms with Crippen LogP contribution >= 0.6 is 0 Å². The first-order valence-electron chi connectivity index (χ1n) is 6.89. The predicted molar refractivity (Wildman–Crippen MR) is 61.5 cm³/mol. The number of carbonyl (C=O) groups excluding carboxylic acids is 1. The predicted octanol–water partition coefficient (Wildman–Crippen LogP) is 2.30. The van der Waals surface area contributed by atoms with Crippen molar-refractivity contribution in [3.05, 3.63) is 6.42 Å². The van der Waals surface area contributed by atoms with Crippen molar-refractivity contribution in [3.63, 3.8) is 0 Å². The second-order valence-corrected chi connectivity index (χ2v) is 6.69. The largest absolute Gasteiger partial charge is 0.353 e. The molecule has 2 unspecified atom stereocenters. The first kappa shape index (κ1) is 9.49. The molecule has 0 aromatic carbocycles. The van der Waals surface area contributed by atoms with Gasteiger partial charge in [-0.2, -0.15) is 0 Å². The molecule has 1 N–H and O–H groups in total. The van der Waals surface area contributed by atoms with Gasteiger partial charge in [-0.15, -0.1) is 0 Å². The molecule has 5 saturated carbocycles. The molecule has 2 nitrogen and oxygen atoms in total. The summed E-state index contributed by atoms with van der Waals surface area (Å²) in [5, 5.41) is 3.26. The first-order chi connectivity index (χ1) is 7.73. The van der Waals surface area contributed by atoms with Crippen molar-refractivity contribution >= 4 is 5.91 Å². The molecule has 5 aliphatic rings. The Kier molecular flexibility index (Phi) is 1.79. The van der Waals surface area contributed by atoms with E-state index >= 15 is 0 Å². The third-order valence-electron chi connectivity index (χ3n) is 5.20. The van der Waals surface area contributed by atoms with Gasteiger partial charge in [0.25, 0.3) is 0 Å². The topological polar surface area (TPSA) is 29.1 Å². The summed E-state index contributed by atoms with van der Waals surface area (Å²) in [4.78, 5) is 12.4. The fourth-order valence-corrected chi connectivity index (χ4v) is 4.61. The summed E-state index contributed by atoms with van der Waals surface area (Å²) in [6.45, 7) is 0. The monoisotopic (exact) mass is 218 g/mol. The van der Waals surface area contributed by atoms with Crippen LogP contribution in [0.5, 0.6) is 0 Å². The Balaban J connectivity index is 1.58. The lowest BCUT2D eigenvalue weighted by Gasteiger charge is -2.55. The summed E-state index contributed by atoms with van der Waals surface area (Å²) in [6.07, 6.45) is 11.2. The van der Waals surface area contributed by atoms with E-state index in [4.69, 9.17) is 0 Å². The number of hydrogen-bond acceptors (Lipinski definition) is 1. The number of carbonyl (C=O) groups is 1. The Labute approximate surface area is 97.2 Å². The zero-order chi connectivity index (χ0) is 10.8. The Morgan fingerprint density at radius 1 is 1.12 bits per heavy atom. The van der Waals surface area contributed by atoms with Gasteiger partial charge in [-0.25, -0.2) is 0 Å². The Hall–Kier alpha value is -0.530. The van der Waals surface area contributed by atoms with Crippen LogP contribution in [-0.4, -0.2) is 11.9 Å². The van der Waals surface area contributed by atoms with Crippen molar-refractivity contribution in [2.24, 2.45) is 23.2 Å². The van der Waals surface area contributed by atoms with Crippen molar-refractivity contribution in [3.8, 4) is 0 Å². The van der Waals surface area contributed by atoms with Crippen LogP contribution in [0.15, 0.2) is 0 Å². The maximum Gasteiger partial charge on any atom is 0.226 e. The average Bonchev–Trinajstić information content (AvgIpc) is 2.99. The molecule has 0 spiro atoms. The molecule has 5 fully saturated rings. The van der Waals surface area contributed by atoms with E-state index in [1.165, 1.54) is 32.1 Å². The summed E-state index contributed by atoms with van der Waals surface area (Å²) < 4.78 is 0. The summed E-state index contributed by atoms with van der Waals surface area (Å²) in [7, 11) is 0. The maximum atomic E-state index is 12.4. The Morgan fingerprint density at radius 2 is 1.81 bits per heavy atom. The van der Waals surface area contributed by atoms with E-state index in [0.717, 1.165) is 30.6 Å². The molecular weight excluding hydrogens is 198 g/mol. The highest BCUT2D eigenvalue weighted by Gasteiger charge is 2.55. The molecule has 2 heteroatoms. The minimum Gasteiger partial charge on any atom is -0.353 e. The van der Waals surface area contributed by atoms with Crippen molar-refractivity contribution in [1.29, 1.82) is 0 Å².